The molecule has 1 aromatic heterocycles. The van der Waals surface area contributed by atoms with Crippen LogP contribution >= 0.6 is 0 Å². The number of anilines is 1. The highest BCUT2D eigenvalue weighted by molar-refractivity contribution is 6.23. The first-order valence-corrected chi connectivity index (χ1v) is 13.4. The molecule has 3 aliphatic rings. The minimum Gasteiger partial charge on any atom is -0.370 e. The Labute approximate surface area is 213 Å². The van der Waals surface area contributed by atoms with E-state index in [1.165, 1.54) is 24.2 Å². The fourth-order valence-electron chi connectivity index (χ4n) is 6.21. The predicted octanol–water partition coefficient (Wildman–Crippen LogP) is 3.80. The SMILES string of the molecule is Cc1cc(C)n(CCN2C(=O)c3cccc(N4CCC[C@H](C(=O)N(C)C5CCCCC5)C4)c3C2=O)n1. The van der Waals surface area contributed by atoms with Crippen molar-refractivity contribution in [1.29, 1.82) is 0 Å². The van der Waals surface area contributed by atoms with Gasteiger partial charge in [0, 0.05) is 38.4 Å². The lowest BCUT2D eigenvalue weighted by atomic mass is 9.91. The van der Waals surface area contributed by atoms with E-state index in [0.29, 0.717) is 30.3 Å². The van der Waals surface area contributed by atoms with E-state index in [0.717, 1.165) is 49.3 Å². The van der Waals surface area contributed by atoms with Crippen molar-refractivity contribution in [3.8, 4) is 0 Å². The number of rotatable bonds is 6. The number of imide groups is 1. The summed E-state index contributed by atoms with van der Waals surface area (Å²) in [5.41, 5.74) is 3.63. The van der Waals surface area contributed by atoms with E-state index in [-0.39, 0.29) is 30.2 Å². The summed E-state index contributed by atoms with van der Waals surface area (Å²) < 4.78 is 1.84. The summed E-state index contributed by atoms with van der Waals surface area (Å²) in [6.45, 7) is 6.01. The van der Waals surface area contributed by atoms with Crippen LogP contribution in [0.4, 0.5) is 5.69 Å². The Morgan fingerprint density at radius 2 is 1.81 bits per heavy atom. The van der Waals surface area contributed by atoms with Crippen LogP contribution in [0.15, 0.2) is 24.3 Å². The van der Waals surface area contributed by atoms with Gasteiger partial charge < -0.3 is 9.80 Å². The Balaban J connectivity index is 1.31. The maximum atomic E-state index is 13.5. The molecule has 5 rings (SSSR count). The topological polar surface area (TPSA) is 78.8 Å². The molecule has 0 N–H and O–H groups in total. The number of aromatic nitrogens is 2. The van der Waals surface area contributed by atoms with E-state index in [1.807, 2.05) is 48.7 Å². The summed E-state index contributed by atoms with van der Waals surface area (Å²) >= 11 is 0. The van der Waals surface area contributed by atoms with E-state index < -0.39 is 0 Å². The molecular weight excluding hydrogens is 454 g/mol. The summed E-state index contributed by atoms with van der Waals surface area (Å²) in [7, 11) is 1.96. The number of carbonyl (C=O) groups is 3. The molecular formula is C28H37N5O3. The lowest BCUT2D eigenvalue weighted by Gasteiger charge is -2.38. The van der Waals surface area contributed by atoms with Gasteiger partial charge in [-0.2, -0.15) is 5.10 Å². The highest BCUT2D eigenvalue weighted by Crippen LogP contribution is 2.35. The van der Waals surface area contributed by atoms with Gasteiger partial charge in [0.25, 0.3) is 11.8 Å². The van der Waals surface area contributed by atoms with Crippen LogP contribution in [0.1, 0.15) is 77.0 Å². The number of hydrogen-bond acceptors (Lipinski definition) is 5. The van der Waals surface area contributed by atoms with E-state index in [9.17, 15) is 14.4 Å². The highest BCUT2D eigenvalue weighted by atomic mass is 16.2. The third kappa shape index (κ3) is 4.53. The molecule has 2 aliphatic heterocycles. The lowest BCUT2D eigenvalue weighted by Crippen LogP contribution is -2.47. The van der Waals surface area contributed by atoms with Crippen molar-refractivity contribution in [2.45, 2.75) is 71.4 Å². The smallest absolute Gasteiger partial charge is 0.263 e. The van der Waals surface area contributed by atoms with Gasteiger partial charge in [-0.25, -0.2) is 0 Å². The first kappa shape index (κ1) is 24.5. The number of benzene rings is 1. The summed E-state index contributed by atoms with van der Waals surface area (Å²) in [5.74, 6) is -0.371. The molecule has 0 radical (unpaired) electrons. The molecule has 3 heterocycles. The van der Waals surface area contributed by atoms with Gasteiger partial charge >= 0.3 is 0 Å². The lowest BCUT2D eigenvalue weighted by molar-refractivity contribution is -0.137. The van der Waals surface area contributed by atoms with Gasteiger partial charge in [0.1, 0.15) is 0 Å². The number of fused-ring (bicyclic) bond motifs is 1. The Morgan fingerprint density at radius 3 is 2.53 bits per heavy atom. The second-order valence-electron chi connectivity index (χ2n) is 10.6. The molecule has 1 saturated carbocycles. The fraction of sp³-hybridized carbons (Fsp3) is 0.571. The van der Waals surface area contributed by atoms with Crippen molar-refractivity contribution in [3.63, 3.8) is 0 Å². The largest absolute Gasteiger partial charge is 0.370 e. The quantitative estimate of drug-likeness (QED) is 0.575. The zero-order valence-corrected chi connectivity index (χ0v) is 21.7. The zero-order valence-electron chi connectivity index (χ0n) is 21.7. The second-order valence-corrected chi connectivity index (χ2v) is 10.6. The molecule has 0 bridgehead atoms. The van der Waals surface area contributed by atoms with Crippen molar-refractivity contribution in [2.75, 3.05) is 31.6 Å². The molecule has 1 saturated heterocycles. The Bertz CT molecular complexity index is 1170. The number of aryl methyl sites for hydroxylation is 2. The van der Waals surface area contributed by atoms with E-state index >= 15 is 0 Å². The van der Waals surface area contributed by atoms with Crippen LogP contribution in [0.5, 0.6) is 0 Å². The maximum absolute atomic E-state index is 13.5. The minimum absolute atomic E-state index is 0.0872. The number of hydrogen-bond donors (Lipinski definition) is 0. The van der Waals surface area contributed by atoms with Crippen LogP contribution in [-0.4, -0.2) is 70.0 Å². The molecule has 0 unspecified atom stereocenters. The molecule has 8 heteroatoms. The van der Waals surface area contributed by atoms with Gasteiger partial charge in [0.05, 0.1) is 35.0 Å². The molecule has 2 fully saturated rings. The predicted molar refractivity (Wildman–Crippen MR) is 138 cm³/mol. The summed E-state index contributed by atoms with van der Waals surface area (Å²) in [4.78, 5) is 45.5. The average molecular weight is 492 g/mol. The van der Waals surface area contributed by atoms with E-state index in [2.05, 4.69) is 10.00 Å². The molecule has 1 aromatic carbocycles. The Hall–Kier alpha value is -3.16. The molecule has 1 atom stereocenters. The van der Waals surface area contributed by atoms with Crippen LogP contribution in [0.3, 0.4) is 0 Å². The van der Waals surface area contributed by atoms with E-state index in [1.54, 1.807) is 6.07 Å². The van der Waals surface area contributed by atoms with Gasteiger partial charge in [-0.15, -0.1) is 0 Å². The van der Waals surface area contributed by atoms with Crippen molar-refractivity contribution >= 4 is 23.4 Å². The summed E-state index contributed by atoms with van der Waals surface area (Å²) in [5, 5.41) is 4.46. The first-order valence-electron chi connectivity index (χ1n) is 13.4. The van der Waals surface area contributed by atoms with Gasteiger partial charge in [0.2, 0.25) is 5.91 Å². The number of carbonyl (C=O) groups excluding carboxylic acids is 3. The van der Waals surface area contributed by atoms with Crippen molar-refractivity contribution < 1.29 is 14.4 Å². The van der Waals surface area contributed by atoms with Crippen LogP contribution in [0.25, 0.3) is 0 Å². The number of nitrogens with zero attached hydrogens (tertiary/aromatic N) is 5. The standard InChI is InChI=1S/C28H37N5O3/c1-19-17-20(2)33(29-19)16-15-32-27(35)23-12-7-13-24(25(23)28(32)36)31-14-8-9-21(18-31)26(34)30(3)22-10-5-4-6-11-22/h7,12-13,17,21-22H,4-6,8-11,14-16,18H2,1-3H3/t21-/m0/s1. The Kier molecular flexibility index (Phi) is 6.86. The summed E-state index contributed by atoms with van der Waals surface area (Å²) in [6.07, 6.45) is 7.60. The van der Waals surface area contributed by atoms with E-state index in [4.69, 9.17) is 0 Å². The molecule has 1 aliphatic carbocycles. The van der Waals surface area contributed by atoms with Crippen LogP contribution in [0, 0.1) is 19.8 Å². The molecule has 192 valence electrons. The molecule has 3 amide bonds. The fourth-order valence-corrected chi connectivity index (χ4v) is 6.21. The number of amides is 3. The van der Waals surface area contributed by atoms with Gasteiger partial charge in [-0.1, -0.05) is 25.3 Å². The summed E-state index contributed by atoms with van der Waals surface area (Å²) in [6, 6.07) is 7.85. The second kappa shape index (κ2) is 10.1. The number of piperidine rings is 1. The Morgan fingerprint density at radius 1 is 1.03 bits per heavy atom. The van der Waals surface area contributed by atoms with Crippen molar-refractivity contribution in [1.82, 2.24) is 19.6 Å². The monoisotopic (exact) mass is 491 g/mol. The highest BCUT2D eigenvalue weighted by Gasteiger charge is 2.39. The van der Waals surface area contributed by atoms with Gasteiger partial charge in [0.15, 0.2) is 0 Å². The van der Waals surface area contributed by atoms with Gasteiger partial charge in [-0.3, -0.25) is 24.0 Å². The molecule has 8 nitrogen and oxygen atoms in total. The van der Waals surface area contributed by atoms with Crippen molar-refractivity contribution in [3.05, 3.63) is 46.8 Å². The van der Waals surface area contributed by atoms with Crippen LogP contribution < -0.4 is 4.90 Å². The maximum Gasteiger partial charge on any atom is 0.263 e. The third-order valence-electron chi connectivity index (χ3n) is 8.20. The average Bonchev–Trinajstić information content (AvgIpc) is 3.36. The van der Waals surface area contributed by atoms with Crippen LogP contribution in [0.2, 0.25) is 0 Å². The zero-order chi connectivity index (χ0) is 25.4. The molecule has 2 aromatic rings. The molecule has 36 heavy (non-hydrogen) atoms. The minimum atomic E-state index is -0.250. The van der Waals surface area contributed by atoms with Crippen LogP contribution in [-0.2, 0) is 11.3 Å². The third-order valence-corrected chi connectivity index (χ3v) is 8.20. The van der Waals surface area contributed by atoms with Gasteiger partial charge in [-0.05, 0) is 57.7 Å². The first-order chi connectivity index (χ1) is 17.3. The van der Waals surface area contributed by atoms with Crippen molar-refractivity contribution in [2.24, 2.45) is 5.92 Å². The normalized spacial score (nSPS) is 20.7. The molecule has 0 spiro atoms.